The van der Waals surface area contributed by atoms with E-state index >= 15 is 0 Å². The van der Waals surface area contributed by atoms with Crippen LogP contribution in [0.5, 0.6) is 0 Å². The van der Waals surface area contributed by atoms with E-state index in [-0.39, 0.29) is 24.8 Å². The molecule has 2 N–H and O–H groups in total. The highest BCUT2D eigenvalue weighted by atomic mass is 35.5. The lowest BCUT2D eigenvalue weighted by atomic mass is 10.4. The monoisotopic (exact) mass is 229 g/mol. The van der Waals surface area contributed by atoms with E-state index in [1.807, 2.05) is 30.3 Å². The van der Waals surface area contributed by atoms with Crippen LogP contribution in [0.2, 0.25) is 0 Å². The first-order chi connectivity index (χ1) is 4.43. The Hall–Kier alpha value is 0.460. The van der Waals surface area contributed by atoms with Gasteiger partial charge in [0, 0.05) is 4.90 Å². The fraction of sp³-hybridized carbons (Fsp3) is 0. The zero-order valence-electron chi connectivity index (χ0n) is 5.60. The quantitative estimate of drug-likeness (QED) is 0.624. The van der Waals surface area contributed by atoms with Crippen LogP contribution in [0.1, 0.15) is 0 Å². The van der Waals surface area contributed by atoms with E-state index in [0.717, 1.165) is 0 Å². The first-order valence-corrected chi connectivity index (χ1v) is 4.73. The molecule has 0 radical (unpaired) electrons. The number of hydrogen-bond acceptors (Lipinski definition) is 3. The van der Waals surface area contributed by atoms with Crippen LogP contribution < -0.4 is 5.14 Å². The van der Waals surface area contributed by atoms with Crippen molar-refractivity contribution in [2.24, 2.45) is 5.14 Å². The molecule has 0 unspecified atom stereocenters. The van der Waals surface area contributed by atoms with E-state index < -0.39 is 0 Å². The van der Waals surface area contributed by atoms with E-state index in [2.05, 4.69) is 0 Å². The Morgan fingerprint density at radius 1 is 1.00 bits per heavy atom. The van der Waals surface area contributed by atoms with Crippen molar-refractivity contribution in [2.45, 2.75) is 4.90 Å². The van der Waals surface area contributed by atoms with Crippen LogP contribution in [-0.2, 0) is 0 Å². The highest BCUT2D eigenvalue weighted by Gasteiger charge is 1.86. The summed E-state index contributed by atoms with van der Waals surface area (Å²) in [4.78, 5) is 1.20. The van der Waals surface area contributed by atoms with E-state index in [1.165, 1.54) is 15.9 Å². The molecule has 0 amide bonds. The summed E-state index contributed by atoms with van der Waals surface area (Å²) in [6.45, 7) is 0. The van der Waals surface area contributed by atoms with Gasteiger partial charge in [-0.25, -0.2) is 0 Å². The summed E-state index contributed by atoms with van der Waals surface area (Å²) in [6.07, 6.45) is 0. The lowest BCUT2D eigenvalue weighted by Crippen LogP contribution is -1.70. The normalized spacial score (nSPS) is 7.73. The average molecular weight is 230 g/mol. The summed E-state index contributed by atoms with van der Waals surface area (Å²) >= 11 is 0. The van der Waals surface area contributed by atoms with Crippen LogP contribution in [0.25, 0.3) is 0 Å². The van der Waals surface area contributed by atoms with Crippen molar-refractivity contribution in [1.82, 2.24) is 0 Å². The largest absolute Gasteiger partial charge is 0.268 e. The van der Waals surface area contributed by atoms with E-state index in [9.17, 15) is 0 Å². The Balaban J connectivity index is 0. The maximum Gasteiger partial charge on any atom is 0.0195 e. The maximum absolute atomic E-state index is 5.24. The molecule has 1 aromatic rings. The van der Waals surface area contributed by atoms with Crippen molar-refractivity contribution in [3.8, 4) is 0 Å². The van der Waals surface area contributed by atoms with Crippen LogP contribution in [-0.4, -0.2) is 0 Å². The lowest BCUT2D eigenvalue weighted by molar-refractivity contribution is 1.48. The van der Waals surface area contributed by atoms with Crippen LogP contribution in [0.4, 0.5) is 0 Å². The Morgan fingerprint density at radius 2 is 1.55 bits per heavy atom. The molecule has 0 saturated heterocycles. The van der Waals surface area contributed by atoms with Crippen molar-refractivity contribution < 1.29 is 0 Å². The van der Waals surface area contributed by atoms with Crippen LogP contribution >= 0.6 is 46.6 Å². The first kappa shape index (κ1) is 14.0. The Kier molecular flexibility index (Phi) is 10.9. The molecule has 1 aromatic carbocycles. The van der Waals surface area contributed by atoms with Crippen molar-refractivity contribution in [2.75, 3.05) is 0 Å². The van der Waals surface area contributed by atoms with Gasteiger partial charge in [-0.2, -0.15) is 0 Å². The SMILES string of the molecule is Cl.Cl.NSSc1ccccc1. The lowest BCUT2D eigenvalue weighted by Gasteiger charge is -1.92. The second kappa shape index (κ2) is 8.56. The van der Waals surface area contributed by atoms with E-state index in [4.69, 9.17) is 5.14 Å². The highest BCUT2D eigenvalue weighted by Crippen LogP contribution is 2.24. The van der Waals surface area contributed by atoms with Crippen LogP contribution in [0.15, 0.2) is 35.2 Å². The Bertz CT molecular complexity index is 171. The zero-order valence-corrected chi connectivity index (χ0v) is 8.86. The molecule has 1 rings (SSSR count). The number of rotatable bonds is 2. The molecular formula is C6H9Cl2NS2. The first-order valence-electron chi connectivity index (χ1n) is 2.52. The minimum Gasteiger partial charge on any atom is -0.268 e. The molecule has 0 aliphatic carbocycles. The molecule has 11 heavy (non-hydrogen) atoms. The van der Waals surface area contributed by atoms with E-state index in [0.29, 0.717) is 0 Å². The predicted octanol–water partition coefficient (Wildman–Crippen LogP) is 3.14. The second-order valence-corrected chi connectivity index (χ2v) is 3.40. The molecule has 0 spiro atoms. The molecule has 0 aliphatic heterocycles. The fourth-order valence-corrected chi connectivity index (χ4v) is 1.58. The standard InChI is InChI=1S/C6H7NS2.2ClH/c7-9-8-6-4-2-1-3-5-6;;/h1-5H,7H2;2*1H. The van der Waals surface area contributed by atoms with Gasteiger partial charge in [0.25, 0.3) is 0 Å². The van der Waals surface area contributed by atoms with Gasteiger partial charge in [-0.15, -0.1) is 24.8 Å². The van der Waals surface area contributed by atoms with Crippen LogP contribution in [0.3, 0.4) is 0 Å². The van der Waals surface area contributed by atoms with Crippen molar-refractivity contribution in [1.29, 1.82) is 0 Å². The van der Waals surface area contributed by atoms with Gasteiger partial charge in [-0.05, 0) is 33.9 Å². The highest BCUT2D eigenvalue weighted by molar-refractivity contribution is 8.75. The summed E-state index contributed by atoms with van der Waals surface area (Å²) < 4.78 is 0. The Morgan fingerprint density at radius 3 is 2.00 bits per heavy atom. The molecular weight excluding hydrogens is 221 g/mol. The number of benzene rings is 1. The number of nitrogens with two attached hydrogens (primary N) is 1. The molecule has 5 heteroatoms. The molecule has 0 atom stereocenters. The van der Waals surface area contributed by atoms with Gasteiger partial charge in [0.05, 0.1) is 0 Å². The van der Waals surface area contributed by atoms with Gasteiger partial charge in [0.2, 0.25) is 0 Å². The third kappa shape index (κ3) is 5.70. The topological polar surface area (TPSA) is 26.0 Å². The number of halogens is 2. The molecule has 0 fully saturated rings. The number of hydrogen-bond donors (Lipinski definition) is 1. The molecule has 0 saturated carbocycles. The summed E-state index contributed by atoms with van der Waals surface area (Å²) in [7, 11) is 2.84. The maximum atomic E-state index is 5.24. The van der Waals surface area contributed by atoms with Gasteiger partial charge in [-0.3, -0.25) is 5.14 Å². The smallest absolute Gasteiger partial charge is 0.0195 e. The predicted molar refractivity (Wildman–Crippen MR) is 58.6 cm³/mol. The van der Waals surface area contributed by atoms with E-state index in [1.54, 1.807) is 10.8 Å². The third-order valence-electron chi connectivity index (χ3n) is 0.888. The van der Waals surface area contributed by atoms with Gasteiger partial charge in [0.1, 0.15) is 0 Å². The summed E-state index contributed by atoms with van der Waals surface area (Å²) in [5.74, 6) is 0. The van der Waals surface area contributed by atoms with Crippen molar-refractivity contribution in [3.63, 3.8) is 0 Å². The van der Waals surface area contributed by atoms with Crippen LogP contribution in [0, 0.1) is 0 Å². The van der Waals surface area contributed by atoms with Gasteiger partial charge >= 0.3 is 0 Å². The molecule has 1 nitrogen and oxygen atoms in total. The minimum atomic E-state index is 0. The van der Waals surface area contributed by atoms with Gasteiger partial charge in [-0.1, -0.05) is 18.2 Å². The fourth-order valence-electron chi connectivity index (χ4n) is 0.532. The summed E-state index contributed by atoms with van der Waals surface area (Å²) in [6, 6.07) is 10.1. The molecule has 0 aromatic heterocycles. The zero-order chi connectivity index (χ0) is 6.53. The molecule has 0 bridgehead atoms. The summed E-state index contributed by atoms with van der Waals surface area (Å²) in [5, 5.41) is 5.24. The Labute approximate surface area is 86.9 Å². The van der Waals surface area contributed by atoms with Gasteiger partial charge < -0.3 is 0 Å². The average Bonchev–Trinajstić information content (AvgIpc) is 1.91. The molecule has 0 heterocycles. The van der Waals surface area contributed by atoms with Gasteiger partial charge in [0.15, 0.2) is 0 Å². The third-order valence-corrected chi connectivity index (χ3v) is 2.31. The molecule has 64 valence electrons. The summed E-state index contributed by atoms with van der Waals surface area (Å²) in [5.41, 5.74) is 0. The minimum absolute atomic E-state index is 0. The van der Waals surface area contributed by atoms with Crippen molar-refractivity contribution in [3.05, 3.63) is 30.3 Å². The second-order valence-electron chi connectivity index (χ2n) is 1.49. The van der Waals surface area contributed by atoms with Crippen molar-refractivity contribution >= 4 is 46.6 Å². The molecule has 0 aliphatic rings.